The number of amides is 1. The van der Waals surface area contributed by atoms with E-state index in [0.717, 1.165) is 29.6 Å². The molecule has 5 rings (SSSR count). The molecule has 0 aliphatic heterocycles. The lowest BCUT2D eigenvalue weighted by Gasteiger charge is -2.17. The Balaban J connectivity index is 1.37. The molecule has 3 aromatic carbocycles. The monoisotopic (exact) mass is 437 g/mol. The van der Waals surface area contributed by atoms with Crippen LogP contribution in [-0.2, 0) is 6.42 Å². The molecule has 164 valence electrons. The van der Waals surface area contributed by atoms with E-state index >= 15 is 0 Å². The van der Waals surface area contributed by atoms with E-state index < -0.39 is 0 Å². The number of rotatable bonds is 7. The van der Waals surface area contributed by atoms with E-state index in [2.05, 4.69) is 50.2 Å². The van der Waals surface area contributed by atoms with Crippen molar-refractivity contribution in [1.29, 1.82) is 0 Å². The predicted octanol–water partition coefficient (Wildman–Crippen LogP) is 4.17. The summed E-state index contributed by atoms with van der Waals surface area (Å²) in [5.41, 5.74) is 4.60. The van der Waals surface area contributed by atoms with Crippen LogP contribution >= 0.6 is 0 Å². The topological polar surface area (TPSA) is 97.1 Å². The number of nitrogens with zero attached hydrogens (tertiary/aromatic N) is 5. The standard InChI is InChI=1S/C25H23N7O/c1-2-19(15-17-9-4-3-5-10-17)27-25(33)18-11-8-12-20(16-18)26-23-24-29-30-31-32(24)22-14-7-6-13-21(22)28-23/h3-14,16,19H,2,15H2,1H3,(H,26,28)(H,27,33)/t19-/m0/s1. The van der Waals surface area contributed by atoms with Gasteiger partial charge in [-0.1, -0.05) is 55.5 Å². The first-order chi connectivity index (χ1) is 16.2. The van der Waals surface area contributed by atoms with Crippen molar-refractivity contribution in [3.8, 4) is 0 Å². The van der Waals surface area contributed by atoms with Crippen molar-refractivity contribution in [3.63, 3.8) is 0 Å². The lowest BCUT2D eigenvalue weighted by atomic mass is 10.0. The molecule has 33 heavy (non-hydrogen) atoms. The molecule has 1 atom stereocenters. The first-order valence-electron chi connectivity index (χ1n) is 10.9. The van der Waals surface area contributed by atoms with Crippen LogP contribution < -0.4 is 10.6 Å². The van der Waals surface area contributed by atoms with Crippen molar-refractivity contribution in [2.45, 2.75) is 25.8 Å². The van der Waals surface area contributed by atoms with Gasteiger partial charge >= 0.3 is 0 Å². The van der Waals surface area contributed by atoms with Crippen molar-refractivity contribution in [3.05, 3.63) is 90.0 Å². The highest BCUT2D eigenvalue weighted by Gasteiger charge is 2.15. The number of carbonyl (C=O) groups is 1. The highest BCUT2D eigenvalue weighted by atomic mass is 16.1. The summed E-state index contributed by atoms with van der Waals surface area (Å²) < 4.78 is 1.65. The first-order valence-corrected chi connectivity index (χ1v) is 10.9. The minimum Gasteiger partial charge on any atom is -0.349 e. The van der Waals surface area contributed by atoms with Gasteiger partial charge in [0, 0.05) is 17.3 Å². The maximum Gasteiger partial charge on any atom is 0.251 e. The summed E-state index contributed by atoms with van der Waals surface area (Å²) in [5, 5.41) is 18.4. The van der Waals surface area contributed by atoms with E-state index in [1.54, 1.807) is 10.6 Å². The Morgan fingerprint density at radius 2 is 1.82 bits per heavy atom. The normalized spacial score (nSPS) is 12.0. The molecule has 0 radical (unpaired) electrons. The molecule has 2 heterocycles. The molecule has 5 aromatic rings. The molecule has 0 saturated heterocycles. The molecule has 2 aromatic heterocycles. The van der Waals surface area contributed by atoms with E-state index in [0.29, 0.717) is 17.0 Å². The third-order valence-electron chi connectivity index (χ3n) is 5.56. The van der Waals surface area contributed by atoms with Gasteiger partial charge in [0.2, 0.25) is 5.65 Å². The Morgan fingerprint density at radius 3 is 2.67 bits per heavy atom. The maximum absolute atomic E-state index is 13.0. The summed E-state index contributed by atoms with van der Waals surface area (Å²) in [5.74, 6) is 0.411. The highest BCUT2D eigenvalue weighted by molar-refractivity contribution is 5.95. The summed E-state index contributed by atoms with van der Waals surface area (Å²) in [6.07, 6.45) is 1.64. The van der Waals surface area contributed by atoms with Crippen molar-refractivity contribution < 1.29 is 4.79 Å². The largest absolute Gasteiger partial charge is 0.349 e. The van der Waals surface area contributed by atoms with Crippen LogP contribution in [0.3, 0.4) is 0 Å². The van der Waals surface area contributed by atoms with Gasteiger partial charge in [-0.25, -0.2) is 4.98 Å². The molecule has 0 aliphatic carbocycles. The average Bonchev–Trinajstić information content (AvgIpc) is 3.35. The number of carbonyl (C=O) groups excluding carboxylic acids is 1. The van der Waals surface area contributed by atoms with Crippen molar-refractivity contribution in [1.82, 2.24) is 30.3 Å². The lowest BCUT2D eigenvalue weighted by molar-refractivity contribution is 0.0936. The fourth-order valence-corrected chi connectivity index (χ4v) is 3.83. The number of para-hydroxylation sites is 2. The summed E-state index contributed by atoms with van der Waals surface area (Å²) >= 11 is 0. The van der Waals surface area contributed by atoms with Crippen LogP contribution in [0.5, 0.6) is 0 Å². The van der Waals surface area contributed by atoms with Crippen LogP contribution in [0.25, 0.3) is 16.7 Å². The number of fused-ring (bicyclic) bond motifs is 3. The van der Waals surface area contributed by atoms with E-state index in [1.807, 2.05) is 60.7 Å². The van der Waals surface area contributed by atoms with Gasteiger partial charge in [-0.3, -0.25) is 4.79 Å². The number of aromatic nitrogens is 5. The molecule has 0 aliphatic rings. The fourth-order valence-electron chi connectivity index (χ4n) is 3.83. The minimum absolute atomic E-state index is 0.0559. The molecule has 0 fully saturated rings. The Morgan fingerprint density at radius 1 is 1.00 bits per heavy atom. The second-order valence-corrected chi connectivity index (χ2v) is 7.84. The number of tetrazole rings is 1. The third-order valence-corrected chi connectivity index (χ3v) is 5.56. The summed E-state index contributed by atoms with van der Waals surface area (Å²) in [6.45, 7) is 2.08. The van der Waals surface area contributed by atoms with Crippen LogP contribution in [0.15, 0.2) is 78.9 Å². The third kappa shape index (κ3) is 4.36. The number of nitrogens with one attached hydrogen (secondary N) is 2. The van der Waals surface area contributed by atoms with E-state index in [4.69, 9.17) is 0 Å². The minimum atomic E-state index is -0.109. The highest BCUT2D eigenvalue weighted by Crippen LogP contribution is 2.23. The quantitative estimate of drug-likeness (QED) is 0.397. The second kappa shape index (κ2) is 9.04. The molecule has 0 spiro atoms. The maximum atomic E-state index is 13.0. The zero-order chi connectivity index (χ0) is 22.6. The zero-order valence-corrected chi connectivity index (χ0v) is 18.1. The number of hydrogen-bond donors (Lipinski definition) is 2. The van der Waals surface area contributed by atoms with Gasteiger partial charge in [-0.05, 0) is 59.2 Å². The molecular formula is C25H23N7O. The van der Waals surface area contributed by atoms with Gasteiger partial charge < -0.3 is 10.6 Å². The molecule has 0 bridgehead atoms. The van der Waals surface area contributed by atoms with Gasteiger partial charge in [-0.2, -0.15) is 4.52 Å². The van der Waals surface area contributed by atoms with Crippen LogP contribution in [0.4, 0.5) is 11.5 Å². The van der Waals surface area contributed by atoms with E-state index in [1.165, 1.54) is 5.56 Å². The summed E-state index contributed by atoms with van der Waals surface area (Å²) in [6, 6.07) is 25.2. The van der Waals surface area contributed by atoms with Gasteiger partial charge in [0.05, 0.1) is 11.0 Å². The Labute approximate surface area is 190 Å². The van der Waals surface area contributed by atoms with Crippen LogP contribution in [0.2, 0.25) is 0 Å². The molecular weight excluding hydrogens is 414 g/mol. The van der Waals surface area contributed by atoms with Crippen molar-refractivity contribution in [2.75, 3.05) is 5.32 Å². The molecule has 2 N–H and O–H groups in total. The first kappa shape index (κ1) is 20.6. The summed E-state index contributed by atoms with van der Waals surface area (Å²) in [4.78, 5) is 17.6. The molecule has 8 heteroatoms. The van der Waals surface area contributed by atoms with Crippen LogP contribution in [-0.4, -0.2) is 37.0 Å². The number of hydrogen-bond acceptors (Lipinski definition) is 6. The predicted molar refractivity (Wildman–Crippen MR) is 127 cm³/mol. The second-order valence-electron chi connectivity index (χ2n) is 7.84. The van der Waals surface area contributed by atoms with Gasteiger partial charge in [-0.15, -0.1) is 5.10 Å². The fraction of sp³-hybridized carbons (Fsp3) is 0.160. The lowest BCUT2D eigenvalue weighted by Crippen LogP contribution is -2.36. The van der Waals surface area contributed by atoms with Crippen LogP contribution in [0.1, 0.15) is 29.3 Å². The van der Waals surface area contributed by atoms with E-state index in [-0.39, 0.29) is 11.9 Å². The molecule has 0 unspecified atom stereocenters. The molecule has 8 nitrogen and oxygen atoms in total. The number of benzene rings is 3. The SMILES string of the molecule is CC[C@@H](Cc1ccccc1)NC(=O)c1cccc(Nc2nc3ccccc3n3nnnc23)c1. The van der Waals surface area contributed by atoms with Gasteiger partial charge in [0.1, 0.15) is 0 Å². The number of anilines is 2. The van der Waals surface area contributed by atoms with E-state index in [9.17, 15) is 4.79 Å². The summed E-state index contributed by atoms with van der Waals surface area (Å²) in [7, 11) is 0. The smallest absolute Gasteiger partial charge is 0.251 e. The van der Waals surface area contributed by atoms with Crippen molar-refractivity contribution in [2.24, 2.45) is 0 Å². The van der Waals surface area contributed by atoms with Crippen LogP contribution in [0, 0.1) is 0 Å². The Hall–Kier alpha value is -4.33. The Bertz CT molecular complexity index is 1410. The zero-order valence-electron chi connectivity index (χ0n) is 18.1. The van der Waals surface area contributed by atoms with Gasteiger partial charge in [0.25, 0.3) is 5.91 Å². The van der Waals surface area contributed by atoms with Gasteiger partial charge in [0.15, 0.2) is 5.82 Å². The molecule has 1 amide bonds. The average molecular weight is 438 g/mol. The van der Waals surface area contributed by atoms with Crippen molar-refractivity contribution >= 4 is 34.1 Å². The molecule has 0 saturated carbocycles. The Kier molecular flexibility index (Phi) is 5.63.